The van der Waals surface area contributed by atoms with E-state index in [2.05, 4.69) is 21.9 Å². The fourth-order valence-electron chi connectivity index (χ4n) is 2.66. The van der Waals surface area contributed by atoms with Gasteiger partial charge in [-0.3, -0.25) is 14.8 Å². The number of carbonyl (C=O) groups excluding carboxylic acids is 1. The first-order valence-corrected chi connectivity index (χ1v) is 7.78. The Kier molecular flexibility index (Phi) is 6.07. The molecule has 2 rings (SSSR count). The number of nitrogens with zero attached hydrogens (tertiary/aromatic N) is 2. The maximum absolute atomic E-state index is 11.5. The number of hydrogen-bond donors (Lipinski definition) is 1. The minimum atomic E-state index is -0.0135. The van der Waals surface area contributed by atoms with E-state index in [-0.39, 0.29) is 5.78 Å². The minimum Gasteiger partial charge on any atom is -0.346 e. The van der Waals surface area contributed by atoms with Crippen LogP contribution in [-0.2, 0) is 4.79 Å². The average Bonchev–Trinajstić information content (AvgIpc) is 2.54. The van der Waals surface area contributed by atoms with Crippen LogP contribution in [0.25, 0.3) is 11.8 Å². The molecule has 0 bridgehead atoms. The number of ketones is 1. The van der Waals surface area contributed by atoms with Crippen LogP contribution < -0.4 is 5.32 Å². The molecule has 4 heteroatoms. The minimum absolute atomic E-state index is 0.0135. The van der Waals surface area contributed by atoms with Gasteiger partial charge < -0.3 is 5.32 Å². The first-order chi connectivity index (χ1) is 10.7. The zero-order valence-corrected chi connectivity index (χ0v) is 13.1. The van der Waals surface area contributed by atoms with Crippen molar-refractivity contribution < 1.29 is 4.79 Å². The Labute approximate surface area is 132 Å². The highest BCUT2D eigenvalue weighted by atomic mass is 16.1. The van der Waals surface area contributed by atoms with Gasteiger partial charge in [0.2, 0.25) is 0 Å². The van der Waals surface area contributed by atoms with E-state index >= 15 is 0 Å². The summed E-state index contributed by atoms with van der Waals surface area (Å²) in [7, 11) is 0. The van der Waals surface area contributed by atoms with Crippen molar-refractivity contribution >= 4 is 23.9 Å². The first kappa shape index (κ1) is 16.1. The van der Waals surface area contributed by atoms with E-state index in [9.17, 15) is 4.79 Å². The lowest BCUT2D eigenvalue weighted by Crippen LogP contribution is -2.16. The molecule has 1 fully saturated rings. The third-order valence-electron chi connectivity index (χ3n) is 3.79. The maximum Gasteiger partial charge on any atom is 0.154 e. The molecule has 0 spiro atoms. The molecule has 4 nitrogen and oxygen atoms in total. The van der Waals surface area contributed by atoms with Crippen LogP contribution >= 0.6 is 0 Å². The van der Waals surface area contributed by atoms with Crippen LogP contribution in [0.4, 0.5) is 0 Å². The van der Waals surface area contributed by atoms with Crippen molar-refractivity contribution in [2.45, 2.75) is 45.1 Å². The van der Waals surface area contributed by atoms with Crippen LogP contribution in [0.15, 0.2) is 36.1 Å². The van der Waals surface area contributed by atoms with E-state index in [1.807, 2.05) is 6.07 Å². The molecule has 0 saturated heterocycles. The van der Waals surface area contributed by atoms with Crippen molar-refractivity contribution in [3.8, 4) is 0 Å². The van der Waals surface area contributed by atoms with Crippen LogP contribution in [0, 0.1) is 0 Å². The molecule has 0 atom stereocenters. The quantitative estimate of drug-likeness (QED) is 0.496. The second-order valence-electron chi connectivity index (χ2n) is 5.55. The van der Waals surface area contributed by atoms with Crippen LogP contribution in [0.2, 0.25) is 0 Å². The summed E-state index contributed by atoms with van der Waals surface area (Å²) in [5.41, 5.74) is 2.51. The second-order valence-corrected chi connectivity index (χ2v) is 5.55. The summed E-state index contributed by atoms with van der Waals surface area (Å²) in [4.78, 5) is 20.2. The predicted octanol–water partition coefficient (Wildman–Crippen LogP) is 3.61. The number of hydrogen-bond acceptors (Lipinski definition) is 3. The van der Waals surface area contributed by atoms with Crippen molar-refractivity contribution in [1.29, 1.82) is 0 Å². The molecule has 0 aliphatic heterocycles. The molecule has 1 heterocycles. The number of nitrogens with one attached hydrogen (secondary N) is 1. The van der Waals surface area contributed by atoms with Crippen LogP contribution in [0.5, 0.6) is 0 Å². The van der Waals surface area contributed by atoms with Crippen LogP contribution in [0.3, 0.4) is 0 Å². The molecule has 22 heavy (non-hydrogen) atoms. The lowest BCUT2D eigenvalue weighted by molar-refractivity contribution is -0.112. The lowest BCUT2D eigenvalue weighted by atomic mass is 9.96. The molecule has 1 saturated carbocycles. The van der Waals surface area contributed by atoms with E-state index < -0.39 is 0 Å². The highest BCUT2D eigenvalue weighted by molar-refractivity contribution is 5.97. The molecule has 0 amide bonds. The molecular formula is C18H23N3O. The standard InChI is InChI=1S/C18H23N3O/c1-3-15-12-19-10-9-17(15)18(11-14(2)22)21-13-20-16-7-5-4-6-8-16/h3,9-13,16H,1,4-8H2,2H3,(H,20,21)/b18-11-. The summed E-state index contributed by atoms with van der Waals surface area (Å²) in [5, 5.41) is 3.16. The van der Waals surface area contributed by atoms with Crippen molar-refractivity contribution in [2.24, 2.45) is 4.99 Å². The van der Waals surface area contributed by atoms with Gasteiger partial charge in [0.1, 0.15) is 0 Å². The molecule has 1 aromatic rings. The Morgan fingerprint density at radius 2 is 2.18 bits per heavy atom. The number of allylic oxidation sites excluding steroid dienone is 1. The lowest BCUT2D eigenvalue weighted by Gasteiger charge is -2.17. The molecule has 0 aromatic carbocycles. The second kappa shape index (κ2) is 8.27. The van der Waals surface area contributed by atoms with E-state index in [1.54, 1.807) is 30.9 Å². The number of carbonyl (C=O) groups is 1. The zero-order valence-electron chi connectivity index (χ0n) is 13.1. The van der Waals surface area contributed by atoms with Gasteiger partial charge in [0.05, 0.1) is 18.1 Å². The van der Waals surface area contributed by atoms with E-state index in [1.165, 1.54) is 26.2 Å². The van der Waals surface area contributed by atoms with Crippen LogP contribution in [0.1, 0.15) is 50.2 Å². The average molecular weight is 297 g/mol. The highest BCUT2D eigenvalue weighted by Crippen LogP contribution is 2.20. The smallest absolute Gasteiger partial charge is 0.154 e. The van der Waals surface area contributed by atoms with Gasteiger partial charge in [-0.1, -0.05) is 31.9 Å². The number of aliphatic imine (C=N–C) groups is 1. The summed E-state index contributed by atoms with van der Waals surface area (Å²) in [6.45, 7) is 5.33. The third-order valence-corrected chi connectivity index (χ3v) is 3.79. The molecular weight excluding hydrogens is 274 g/mol. The summed E-state index contributed by atoms with van der Waals surface area (Å²) in [6, 6.07) is 2.27. The molecule has 1 aliphatic rings. The number of pyridine rings is 1. The highest BCUT2D eigenvalue weighted by Gasteiger charge is 2.11. The summed E-state index contributed by atoms with van der Waals surface area (Å²) in [6.07, 6.45) is 14.6. The predicted molar refractivity (Wildman–Crippen MR) is 91.5 cm³/mol. The van der Waals surface area contributed by atoms with E-state index in [0.29, 0.717) is 6.04 Å². The number of aromatic nitrogens is 1. The molecule has 1 aliphatic carbocycles. The van der Waals surface area contributed by atoms with Gasteiger partial charge in [0, 0.05) is 29.6 Å². The SMILES string of the molecule is C=Cc1cnccc1/C(=C/C(C)=O)NC=NC1CCCCC1. The third kappa shape index (κ3) is 4.65. The summed E-state index contributed by atoms with van der Waals surface area (Å²) in [5.74, 6) is -0.0135. The van der Waals surface area contributed by atoms with Gasteiger partial charge in [0.25, 0.3) is 0 Å². The fourth-order valence-corrected chi connectivity index (χ4v) is 2.66. The van der Waals surface area contributed by atoms with Gasteiger partial charge in [-0.05, 0) is 25.8 Å². The van der Waals surface area contributed by atoms with Gasteiger partial charge in [-0.2, -0.15) is 0 Å². The molecule has 116 valence electrons. The van der Waals surface area contributed by atoms with Gasteiger partial charge >= 0.3 is 0 Å². The Bertz CT molecular complexity index is 584. The van der Waals surface area contributed by atoms with Gasteiger partial charge in [-0.25, -0.2) is 0 Å². The van der Waals surface area contributed by atoms with Crippen molar-refractivity contribution in [3.63, 3.8) is 0 Å². The Morgan fingerprint density at radius 3 is 2.86 bits per heavy atom. The van der Waals surface area contributed by atoms with Crippen molar-refractivity contribution in [1.82, 2.24) is 10.3 Å². The summed E-state index contributed by atoms with van der Waals surface area (Å²) < 4.78 is 0. The van der Waals surface area contributed by atoms with Gasteiger partial charge in [-0.15, -0.1) is 0 Å². The first-order valence-electron chi connectivity index (χ1n) is 7.78. The largest absolute Gasteiger partial charge is 0.346 e. The maximum atomic E-state index is 11.5. The van der Waals surface area contributed by atoms with Gasteiger partial charge in [0.15, 0.2) is 5.78 Å². The molecule has 1 aromatic heterocycles. The van der Waals surface area contributed by atoms with E-state index in [4.69, 9.17) is 0 Å². The van der Waals surface area contributed by atoms with Crippen molar-refractivity contribution in [3.05, 3.63) is 42.2 Å². The number of rotatable bonds is 6. The monoisotopic (exact) mass is 297 g/mol. The normalized spacial score (nSPS) is 16.7. The molecule has 0 unspecified atom stereocenters. The molecule has 1 N–H and O–H groups in total. The van der Waals surface area contributed by atoms with Crippen molar-refractivity contribution in [2.75, 3.05) is 0 Å². The Morgan fingerprint density at radius 1 is 1.41 bits per heavy atom. The Balaban J connectivity index is 2.15. The molecule has 0 radical (unpaired) electrons. The van der Waals surface area contributed by atoms with Crippen LogP contribution in [-0.4, -0.2) is 23.1 Å². The Hall–Kier alpha value is -2.23. The topological polar surface area (TPSA) is 54.4 Å². The zero-order chi connectivity index (χ0) is 15.8. The summed E-state index contributed by atoms with van der Waals surface area (Å²) >= 11 is 0. The fraction of sp³-hybridized carbons (Fsp3) is 0.389. The van der Waals surface area contributed by atoms with E-state index in [0.717, 1.165) is 29.7 Å².